The molecule has 0 aliphatic carbocycles. The molecule has 3 heteroatoms. The van der Waals surface area contributed by atoms with Gasteiger partial charge in [0.25, 0.3) is 0 Å². The molecule has 0 aromatic heterocycles. The molecule has 2 rings (SSSR count). The standard InChI is InChI=1S/C10H20N2O/c1-3-9(12-5-1)7-11-8-10-4-2-6-13-10/h9-12H,1-8H2. The highest BCUT2D eigenvalue weighted by molar-refractivity contribution is 4.77. The van der Waals surface area contributed by atoms with Crippen LogP contribution in [0.15, 0.2) is 0 Å². The van der Waals surface area contributed by atoms with Crippen LogP contribution in [0.1, 0.15) is 25.7 Å². The van der Waals surface area contributed by atoms with Crippen molar-refractivity contribution < 1.29 is 4.74 Å². The second-order valence-corrected chi connectivity index (χ2v) is 4.09. The highest BCUT2D eigenvalue weighted by atomic mass is 16.5. The van der Waals surface area contributed by atoms with Crippen molar-refractivity contribution in [1.82, 2.24) is 10.6 Å². The van der Waals surface area contributed by atoms with Crippen molar-refractivity contribution in [3.8, 4) is 0 Å². The Kier molecular flexibility index (Phi) is 3.58. The van der Waals surface area contributed by atoms with E-state index in [9.17, 15) is 0 Å². The average Bonchev–Trinajstić information content (AvgIpc) is 2.75. The summed E-state index contributed by atoms with van der Waals surface area (Å²) in [5.74, 6) is 0. The lowest BCUT2D eigenvalue weighted by atomic mass is 10.2. The largest absolute Gasteiger partial charge is 0.377 e. The zero-order valence-corrected chi connectivity index (χ0v) is 8.22. The van der Waals surface area contributed by atoms with Crippen molar-refractivity contribution in [2.75, 3.05) is 26.2 Å². The average molecular weight is 184 g/mol. The summed E-state index contributed by atoms with van der Waals surface area (Å²) in [5, 5.41) is 6.96. The number of hydrogen-bond donors (Lipinski definition) is 2. The lowest BCUT2D eigenvalue weighted by Crippen LogP contribution is -2.37. The Hall–Kier alpha value is -0.120. The quantitative estimate of drug-likeness (QED) is 0.668. The summed E-state index contributed by atoms with van der Waals surface area (Å²) >= 11 is 0. The van der Waals surface area contributed by atoms with Crippen LogP contribution < -0.4 is 10.6 Å². The number of nitrogens with one attached hydrogen (secondary N) is 2. The third-order valence-electron chi connectivity index (χ3n) is 2.95. The molecular weight excluding hydrogens is 164 g/mol. The highest BCUT2D eigenvalue weighted by Gasteiger charge is 2.17. The second-order valence-electron chi connectivity index (χ2n) is 4.09. The molecule has 13 heavy (non-hydrogen) atoms. The van der Waals surface area contributed by atoms with Gasteiger partial charge in [0.2, 0.25) is 0 Å². The van der Waals surface area contributed by atoms with Gasteiger partial charge in [0.1, 0.15) is 0 Å². The lowest BCUT2D eigenvalue weighted by Gasteiger charge is -2.14. The molecule has 0 radical (unpaired) electrons. The zero-order valence-electron chi connectivity index (χ0n) is 8.22. The summed E-state index contributed by atoms with van der Waals surface area (Å²) < 4.78 is 5.53. The zero-order chi connectivity index (χ0) is 8.93. The fraction of sp³-hybridized carbons (Fsp3) is 1.00. The first kappa shape index (κ1) is 9.44. The van der Waals surface area contributed by atoms with Crippen molar-refractivity contribution in [1.29, 1.82) is 0 Å². The summed E-state index contributed by atoms with van der Waals surface area (Å²) in [5.41, 5.74) is 0. The van der Waals surface area contributed by atoms with Crippen LogP contribution >= 0.6 is 0 Å². The van der Waals surface area contributed by atoms with E-state index in [4.69, 9.17) is 4.74 Å². The van der Waals surface area contributed by atoms with Crippen LogP contribution in [0.3, 0.4) is 0 Å². The summed E-state index contributed by atoms with van der Waals surface area (Å²) in [7, 11) is 0. The molecule has 2 N–H and O–H groups in total. The molecule has 2 aliphatic rings. The molecule has 2 saturated heterocycles. The van der Waals surface area contributed by atoms with Gasteiger partial charge in [-0.2, -0.15) is 0 Å². The molecule has 2 fully saturated rings. The van der Waals surface area contributed by atoms with E-state index in [0.29, 0.717) is 12.1 Å². The van der Waals surface area contributed by atoms with Gasteiger partial charge in [-0.3, -0.25) is 0 Å². The van der Waals surface area contributed by atoms with E-state index in [1.54, 1.807) is 0 Å². The smallest absolute Gasteiger partial charge is 0.0700 e. The molecule has 0 bridgehead atoms. The van der Waals surface area contributed by atoms with Crippen molar-refractivity contribution >= 4 is 0 Å². The molecule has 0 amide bonds. The third-order valence-corrected chi connectivity index (χ3v) is 2.95. The van der Waals surface area contributed by atoms with Crippen molar-refractivity contribution in [3.63, 3.8) is 0 Å². The van der Waals surface area contributed by atoms with E-state index in [2.05, 4.69) is 10.6 Å². The van der Waals surface area contributed by atoms with Crippen LogP contribution in [0.5, 0.6) is 0 Å². The van der Waals surface area contributed by atoms with Gasteiger partial charge >= 0.3 is 0 Å². The van der Waals surface area contributed by atoms with Crippen LogP contribution in [-0.4, -0.2) is 38.4 Å². The minimum atomic E-state index is 0.487. The maximum Gasteiger partial charge on any atom is 0.0700 e. The number of hydrogen-bond acceptors (Lipinski definition) is 3. The normalized spacial score (nSPS) is 34.2. The molecule has 0 aromatic rings. The molecule has 2 atom stereocenters. The van der Waals surface area contributed by atoms with Gasteiger partial charge in [0, 0.05) is 25.7 Å². The molecule has 3 nitrogen and oxygen atoms in total. The van der Waals surface area contributed by atoms with E-state index in [-0.39, 0.29) is 0 Å². The second kappa shape index (κ2) is 4.94. The van der Waals surface area contributed by atoms with Crippen LogP contribution in [0, 0.1) is 0 Å². The van der Waals surface area contributed by atoms with Gasteiger partial charge in [-0.25, -0.2) is 0 Å². The van der Waals surface area contributed by atoms with E-state index in [0.717, 1.165) is 19.7 Å². The first-order valence-electron chi connectivity index (χ1n) is 5.51. The molecule has 2 aliphatic heterocycles. The Morgan fingerprint density at radius 2 is 2.23 bits per heavy atom. The Labute approximate surface area is 80.2 Å². The summed E-state index contributed by atoms with van der Waals surface area (Å²) in [4.78, 5) is 0. The fourth-order valence-electron chi connectivity index (χ4n) is 2.15. The lowest BCUT2D eigenvalue weighted by molar-refractivity contribution is 0.110. The van der Waals surface area contributed by atoms with Crippen LogP contribution in [0.25, 0.3) is 0 Å². The maximum absolute atomic E-state index is 5.53. The number of rotatable bonds is 4. The minimum absolute atomic E-state index is 0.487. The van der Waals surface area contributed by atoms with Crippen LogP contribution in [0.2, 0.25) is 0 Å². The molecule has 2 unspecified atom stereocenters. The van der Waals surface area contributed by atoms with Crippen LogP contribution in [0.4, 0.5) is 0 Å². The van der Waals surface area contributed by atoms with E-state index >= 15 is 0 Å². The fourth-order valence-corrected chi connectivity index (χ4v) is 2.15. The highest BCUT2D eigenvalue weighted by Crippen LogP contribution is 2.10. The summed E-state index contributed by atoms with van der Waals surface area (Å²) in [6, 6.07) is 0.710. The first-order chi connectivity index (χ1) is 6.45. The maximum atomic E-state index is 5.53. The van der Waals surface area contributed by atoms with Gasteiger partial charge in [-0.1, -0.05) is 0 Å². The Bertz CT molecular complexity index is 124. The van der Waals surface area contributed by atoms with Crippen molar-refractivity contribution in [2.24, 2.45) is 0 Å². The predicted molar refractivity (Wildman–Crippen MR) is 52.9 cm³/mol. The van der Waals surface area contributed by atoms with E-state index in [1.165, 1.54) is 32.2 Å². The molecule has 0 spiro atoms. The molecule has 0 aromatic carbocycles. The first-order valence-corrected chi connectivity index (χ1v) is 5.51. The van der Waals surface area contributed by atoms with Gasteiger partial charge in [-0.15, -0.1) is 0 Å². The Morgan fingerprint density at radius 1 is 1.23 bits per heavy atom. The van der Waals surface area contributed by atoms with Gasteiger partial charge in [0.15, 0.2) is 0 Å². The minimum Gasteiger partial charge on any atom is -0.377 e. The third kappa shape index (κ3) is 2.93. The Morgan fingerprint density at radius 3 is 2.92 bits per heavy atom. The van der Waals surface area contributed by atoms with Gasteiger partial charge in [-0.05, 0) is 32.2 Å². The monoisotopic (exact) mass is 184 g/mol. The predicted octanol–water partition coefficient (Wildman–Crippen LogP) is 0.507. The molecule has 76 valence electrons. The van der Waals surface area contributed by atoms with Crippen molar-refractivity contribution in [3.05, 3.63) is 0 Å². The molecular formula is C10H20N2O. The topological polar surface area (TPSA) is 33.3 Å². The molecule has 0 saturated carbocycles. The number of ether oxygens (including phenoxy) is 1. The van der Waals surface area contributed by atoms with E-state index < -0.39 is 0 Å². The summed E-state index contributed by atoms with van der Waals surface area (Å²) in [6.45, 7) is 4.32. The molecule has 2 heterocycles. The summed E-state index contributed by atoms with van der Waals surface area (Å²) in [6.07, 6.45) is 5.64. The SMILES string of the molecule is C1CNC(CNCC2CCCO2)C1. The van der Waals surface area contributed by atoms with Gasteiger partial charge in [0.05, 0.1) is 6.10 Å². The van der Waals surface area contributed by atoms with E-state index in [1.807, 2.05) is 0 Å². The van der Waals surface area contributed by atoms with Crippen LogP contribution in [-0.2, 0) is 4.74 Å². The van der Waals surface area contributed by atoms with Crippen molar-refractivity contribution in [2.45, 2.75) is 37.8 Å². The van der Waals surface area contributed by atoms with Gasteiger partial charge < -0.3 is 15.4 Å². The Balaban J connectivity index is 1.52.